The molecule has 0 spiro atoms. The summed E-state index contributed by atoms with van der Waals surface area (Å²) in [6.45, 7) is 5.05. The van der Waals surface area contributed by atoms with Gasteiger partial charge in [-0.05, 0) is 76.7 Å². The summed E-state index contributed by atoms with van der Waals surface area (Å²) < 4.78 is 5.83. The molecule has 3 rings (SSSR count). The van der Waals surface area contributed by atoms with Gasteiger partial charge in [0.1, 0.15) is 11.8 Å². The molecule has 1 saturated heterocycles. The predicted molar refractivity (Wildman–Crippen MR) is 104 cm³/mol. The first-order valence-electron chi connectivity index (χ1n) is 9.75. The predicted octanol–water partition coefficient (Wildman–Crippen LogP) is 3.10. The molecule has 0 radical (unpaired) electrons. The second-order valence-corrected chi connectivity index (χ2v) is 7.46. The van der Waals surface area contributed by atoms with Crippen LogP contribution in [-0.4, -0.2) is 46.6 Å². The van der Waals surface area contributed by atoms with Gasteiger partial charge in [-0.1, -0.05) is 18.2 Å². The highest BCUT2D eigenvalue weighted by atomic mass is 16.4. The lowest BCUT2D eigenvalue weighted by Crippen LogP contribution is -2.38. The smallest absolute Gasteiger partial charge is 0.320 e. The number of aliphatic carboxylic acids is 1. The zero-order valence-electron chi connectivity index (χ0n) is 15.9. The summed E-state index contributed by atoms with van der Waals surface area (Å²) in [5, 5.41) is 8.94. The largest absolute Gasteiger partial charge is 0.480 e. The number of carboxylic acids is 1. The van der Waals surface area contributed by atoms with Gasteiger partial charge >= 0.3 is 5.97 Å². The Morgan fingerprint density at radius 3 is 2.70 bits per heavy atom. The molecule has 1 aliphatic rings. The monoisotopic (exact) mass is 371 g/mol. The number of piperidine rings is 1. The first-order chi connectivity index (χ1) is 13.0. The highest BCUT2D eigenvalue weighted by Gasteiger charge is 2.23. The summed E-state index contributed by atoms with van der Waals surface area (Å²) in [4.78, 5) is 18.0. The van der Waals surface area contributed by atoms with Crippen LogP contribution in [0.2, 0.25) is 0 Å². The van der Waals surface area contributed by atoms with E-state index < -0.39 is 12.0 Å². The summed E-state index contributed by atoms with van der Waals surface area (Å²) in [6.07, 6.45) is 4.60. The average molecular weight is 371 g/mol. The van der Waals surface area contributed by atoms with Crippen LogP contribution in [0.1, 0.15) is 37.1 Å². The minimum absolute atomic E-state index is 0.429. The van der Waals surface area contributed by atoms with E-state index in [1.165, 1.54) is 0 Å². The van der Waals surface area contributed by atoms with E-state index in [4.69, 9.17) is 15.3 Å². The Balaban J connectivity index is 1.42. The Labute approximate surface area is 160 Å². The SMILES string of the molecule is Cc1oc(-c2ccccc2)nc1CCCN1CCC(CC(N)C(=O)O)CC1. The van der Waals surface area contributed by atoms with Gasteiger partial charge in [-0.25, -0.2) is 4.98 Å². The normalized spacial score (nSPS) is 17.1. The van der Waals surface area contributed by atoms with Crippen LogP contribution in [0.15, 0.2) is 34.7 Å². The van der Waals surface area contributed by atoms with Gasteiger partial charge in [-0.3, -0.25) is 4.79 Å². The molecule has 1 aromatic heterocycles. The molecule has 1 atom stereocenters. The minimum atomic E-state index is -0.893. The first kappa shape index (κ1) is 19.6. The van der Waals surface area contributed by atoms with Gasteiger partial charge in [0, 0.05) is 5.56 Å². The van der Waals surface area contributed by atoms with E-state index in [1.54, 1.807) is 0 Å². The number of likely N-dealkylation sites (tertiary alicyclic amines) is 1. The van der Waals surface area contributed by atoms with E-state index in [0.29, 0.717) is 18.2 Å². The molecule has 1 fully saturated rings. The quantitative estimate of drug-likeness (QED) is 0.741. The van der Waals surface area contributed by atoms with Gasteiger partial charge in [-0.15, -0.1) is 0 Å². The lowest BCUT2D eigenvalue weighted by atomic mass is 9.90. The number of nitrogens with zero attached hydrogens (tertiary/aromatic N) is 2. The number of hydrogen-bond donors (Lipinski definition) is 2. The maximum atomic E-state index is 10.9. The fourth-order valence-electron chi connectivity index (χ4n) is 3.74. The zero-order chi connectivity index (χ0) is 19.2. The maximum Gasteiger partial charge on any atom is 0.320 e. The van der Waals surface area contributed by atoms with Crippen molar-refractivity contribution in [3.8, 4) is 11.5 Å². The number of aromatic nitrogens is 1. The summed E-state index contributed by atoms with van der Waals surface area (Å²) in [5.74, 6) is 1.13. The van der Waals surface area contributed by atoms with Crippen molar-refractivity contribution in [2.24, 2.45) is 11.7 Å². The number of carboxylic acid groups (broad SMARTS) is 1. The van der Waals surface area contributed by atoms with Crippen molar-refractivity contribution in [2.75, 3.05) is 19.6 Å². The molecule has 0 aliphatic carbocycles. The highest BCUT2D eigenvalue weighted by molar-refractivity contribution is 5.73. The average Bonchev–Trinajstić information content (AvgIpc) is 3.04. The maximum absolute atomic E-state index is 10.9. The lowest BCUT2D eigenvalue weighted by Gasteiger charge is -2.32. The number of benzene rings is 1. The number of aryl methyl sites for hydroxylation is 2. The van der Waals surface area contributed by atoms with Crippen LogP contribution in [0.3, 0.4) is 0 Å². The van der Waals surface area contributed by atoms with Crippen LogP contribution in [0.5, 0.6) is 0 Å². The number of nitrogens with two attached hydrogens (primary N) is 1. The third kappa shape index (κ3) is 5.40. The number of oxazole rings is 1. The Morgan fingerprint density at radius 2 is 2.04 bits per heavy atom. The van der Waals surface area contributed by atoms with E-state index in [1.807, 2.05) is 37.3 Å². The molecule has 6 nitrogen and oxygen atoms in total. The molecule has 1 aliphatic heterocycles. The summed E-state index contributed by atoms with van der Waals surface area (Å²) in [6, 6.07) is 9.25. The van der Waals surface area contributed by atoms with E-state index in [0.717, 1.165) is 62.3 Å². The fourth-order valence-corrected chi connectivity index (χ4v) is 3.74. The highest BCUT2D eigenvalue weighted by Crippen LogP contribution is 2.24. The van der Waals surface area contributed by atoms with Crippen molar-refractivity contribution in [1.29, 1.82) is 0 Å². The second-order valence-electron chi connectivity index (χ2n) is 7.46. The van der Waals surface area contributed by atoms with Crippen molar-refractivity contribution in [1.82, 2.24) is 9.88 Å². The zero-order valence-corrected chi connectivity index (χ0v) is 15.9. The van der Waals surface area contributed by atoms with Crippen molar-refractivity contribution >= 4 is 5.97 Å². The van der Waals surface area contributed by atoms with Gasteiger partial charge in [0.25, 0.3) is 0 Å². The summed E-state index contributed by atoms with van der Waals surface area (Å²) >= 11 is 0. The van der Waals surface area contributed by atoms with Gasteiger partial charge in [0.05, 0.1) is 5.69 Å². The molecule has 1 unspecified atom stereocenters. The van der Waals surface area contributed by atoms with Crippen LogP contribution >= 0.6 is 0 Å². The molecule has 2 aromatic rings. The fraction of sp³-hybridized carbons (Fsp3) is 0.524. The van der Waals surface area contributed by atoms with Crippen LogP contribution in [0.25, 0.3) is 11.5 Å². The molecule has 1 aromatic carbocycles. The van der Waals surface area contributed by atoms with E-state index >= 15 is 0 Å². The van der Waals surface area contributed by atoms with Crippen molar-refractivity contribution in [3.63, 3.8) is 0 Å². The van der Waals surface area contributed by atoms with E-state index in [2.05, 4.69) is 9.88 Å². The van der Waals surface area contributed by atoms with Gasteiger partial charge in [0.2, 0.25) is 5.89 Å². The third-order valence-electron chi connectivity index (χ3n) is 5.41. The molecular formula is C21H29N3O3. The Kier molecular flexibility index (Phi) is 6.63. The Morgan fingerprint density at radius 1 is 1.33 bits per heavy atom. The minimum Gasteiger partial charge on any atom is -0.480 e. The van der Waals surface area contributed by atoms with Crippen LogP contribution in [0, 0.1) is 12.8 Å². The van der Waals surface area contributed by atoms with Crippen molar-refractivity contribution < 1.29 is 14.3 Å². The molecule has 6 heteroatoms. The molecule has 146 valence electrons. The molecule has 0 amide bonds. The van der Waals surface area contributed by atoms with Gasteiger partial charge in [-0.2, -0.15) is 0 Å². The standard InChI is InChI=1S/C21H29N3O3/c1-15-19(23-20(27-15)17-6-3-2-4-7-17)8-5-11-24-12-9-16(10-13-24)14-18(22)21(25)26/h2-4,6-7,16,18H,5,8-14,22H2,1H3,(H,25,26). The first-order valence-corrected chi connectivity index (χ1v) is 9.75. The lowest BCUT2D eigenvalue weighted by molar-refractivity contribution is -0.139. The van der Waals surface area contributed by atoms with Gasteiger partial charge in [0.15, 0.2) is 0 Å². The van der Waals surface area contributed by atoms with E-state index in [-0.39, 0.29) is 0 Å². The van der Waals surface area contributed by atoms with Crippen LogP contribution < -0.4 is 5.73 Å². The van der Waals surface area contributed by atoms with Crippen molar-refractivity contribution in [3.05, 3.63) is 41.8 Å². The molecule has 0 bridgehead atoms. The molecule has 2 heterocycles. The van der Waals surface area contributed by atoms with Crippen LogP contribution in [-0.2, 0) is 11.2 Å². The molecular weight excluding hydrogens is 342 g/mol. The van der Waals surface area contributed by atoms with Crippen LogP contribution in [0.4, 0.5) is 0 Å². The third-order valence-corrected chi connectivity index (χ3v) is 5.41. The molecule has 27 heavy (non-hydrogen) atoms. The van der Waals surface area contributed by atoms with Gasteiger partial charge < -0.3 is 20.2 Å². The molecule has 3 N–H and O–H groups in total. The second kappa shape index (κ2) is 9.15. The summed E-state index contributed by atoms with van der Waals surface area (Å²) in [7, 11) is 0. The van der Waals surface area contributed by atoms with Crippen molar-refractivity contribution in [2.45, 2.75) is 45.1 Å². The molecule has 0 saturated carbocycles. The Hall–Kier alpha value is -2.18. The topological polar surface area (TPSA) is 92.6 Å². The number of hydrogen-bond acceptors (Lipinski definition) is 5. The summed E-state index contributed by atoms with van der Waals surface area (Å²) in [5.41, 5.74) is 7.70. The van der Waals surface area contributed by atoms with E-state index in [9.17, 15) is 4.79 Å². The Bertz CT molecular complexity index is 736. The number of carbonyl (C=O) groups is 1. The number of rotatable bonds is 8.